The fourth-order valence-electron chi connectivity index (χ4n) is 1.74. The Morgan fingerprint density at radius 3 is 2.75 bits per heavy atom. The van der Waals surface area contributed by atoms with Crippen LogP contribution in [0.2, 0.25) is 0 Å². The van der Waals surface area contributed by atoms with Crippen molar-refractivity contribution in [1.29, 1.82) is 0 Å². The van der Waals surface area contributed by atoms with E-state index in [2.05, 4.69) is 15.5 Å². The Balaban J connectivity index is 2.17. The Morgan fingerprint density at radius 2 is 2.25 bits per heavy atom. The van der Waals surface area contributed by atoms with E-state index in [4.69, 9.17) is 5.11 Å². The van der Waals surface area contributed by atoms with Crippen LogP contribution in [0.3, 0.4) is 0 Å². The maximum absolute atomic E-state index is 11.3. The second-order valence-corrected chi connectivity index (χ2v) is 4.33. The third-order valence-electron chi connectivity index (χ3n) is 2.76. The van der Waals surface area contributed by atoms with E-state index in [1.54, 1.807) is 0 Å². The van der Waals surface area contributed by atoms with E-state index in [9.17, 15) is 9.59 Å². The van der Waals surface area contributed by atoms with E-state index in [0.29, 0.717) is 12.5 Å². The number of carboxylic acid groups (broad SMARTS) is 1. The number of aliphatic carboxylic acids is 1. The first kappa shape index (κ1) is 12.8. The lowest BCUT2D eigenvalue weighted by atomic mass is 10.1. The normalized spacial score (nSPS) is 22.8. The average Bonchev–Trinajstić information content (AvgIpc) is 2.61. The van der Waals surface area contributed by atoms with Gasteiger partial charge in [-0.05, 0) is 32.9 Å². The fourth-order valence-corrected chi connectivity index (χ4v) is 1.74. The molecule has 0 radical (unpaired) electrons. The number of amides is 2. The first-order chi connectivity index (χ1) is 7.49. The molecule has 0 bridgehead atoms. The number of nitrogens with zero attached hydrogens (tertiary/aromatic N) is 1. The maximum atomic E-state index is 11.3. The summed E-state index contributed by atoms with van der Waals surface area (Å²) in [4.78, 5) is 24.0. The molecule has 0 aromatic heterocycles. The summed E-state index contributed by atoms with van der Waals surface area (Å²) in [7, 11) is 2.05. The Kier molecular flexibility index (Phi) is 4.54. The molecule has 2 amide bonds. The van der Waals surface area contributed by atoms with Gasteiger partial charge in [-0.2, -0.15) is 0 Å². The highest BCUT2D eigenvalue weighted by Crippen LogP contribution is 2.12. The molecule has 92 valence electrons. The Hall–Kier alpha value is -1.30. The summed E-state index contributed by atoms with van der Waals surface area (Å²) >= 11 is 0. The lowest BCUT2D eigenvalue weighted by Crippen LogP contribution is -2.45. The van der Waals surface area contributed by atoms with E-state index >= 15 is 0 Å². The molecule has 1 fully saturated rings. The van der Waals surface area contributed by atoms with Gasteiger partial charge in [-0.3, -0.25) is 4.79 Å². The lowest BCUT2D eigenvalue weighted by molar-refractivity contribution is -0.138. The van der Waals surface area contributed by atoms with Crippen LogP contribution < -0.4 is 10.6 Å². The van der Waals surface area contributed by atoms with Crippen molar-refractivity contribution in [3.05, 3.63) is 0 Å². The van der Waals surface area contributed by atoms with Gasteiger partial charge in [-0.25, -0.2) is 4.79 Å². The minimum Gasteiger partial charge on any atom is -0.480 e. The van der Waals surface area contributed by atoms with Crippen LogP contribution in [0.25, 0.3) is 0 Å². The zero-order valence-electron chi connectivity index (χ0n) is 9.69. The molecule has 0 spiro atoms. The van der Waals surface area contributed by atoms with Crippen LogP contribution in [0.5, 0.6) is 0 Å². The van der Waals surface area contributed by atoms with Crippen molar-refractivity contribution in [3.8, 4) is 0 Å². The molecule has 6 nitrogen and oxygen atoms in total. The van der Waals surface area contributed by atoms with Crippen LogP contribution in [-0.2, 0) is 4.79 Å². The number of rotatable bonds is 4. The fraction of sp³-hybridized carbons (Fsp3) is 0.800. The minimum atomic E-state index is -1.03. The molecule has 2 atom stereocenters. The Bertz CT molecular complexity index is 270. The van der Waals surface area contributed by atoms with Crippen molar-refractivity contribution in [2.75, 3.05) is 26.7 Å². The third kappa shape index (κ3) is 4.06. The van der Waals surface area contributed by atoms with E-state index in [0.717, 1.165) is 19.5 Å². The standard InChI is InChI=1S/C10H19N3O3/c1-7(9(14)15)12-10(16)11-5-8-3-4-13(2)6-8/h7-8H,3-6H2,1-2H3,(H,14,15)(H2,11,12,16)/t7-,8?/m1/s1. The van der Waals surface area contributed by atoms with Crippen molar-refractivity contribution in [2.24, 2.45) is 5.92 Å². The molecule has 6 heteroatoms. The summed E-state index contributed by atoms with van der Waals surface area (Å²) in [6, 6.07) is -1.27. The van der Waals surface area contributed by atoms with Gasteiger partial charge in [0.15, 0.2) is 0 Å². The summed E-state index contributed by atoms with van der Waals surface area (Å²) < 4.78 is 0. The molecular weight excluding hydrogens is 210 g/mol. The summed E-state index contributed by atoms with van der Waals surface area (Å²) in [5.74, 6) is -0.563. The van der Waals surface area contributed by atoms with Crippen molar-refractivity contribution < 1.29 is 14.7 Å². The van der Waals surface area contributed by atoms with Gasteiger partial charge in [-0.15, -0.1) is 0 Å². The molecule has 0 aliphatic carbocycles. The number of likely N-dealkylation sites (tertiary alicyclic amines) is 1. The van der Waals surface area contributed by atoms with Crippen LogP contribution >= 0.6 is 0 Å². The molecular formula is C10H19N3O3. The van der Waals surface area contributed by atoms with Crippen LogP contribution in [0.4, 0.5) is 4.79 Å². The van der Waals surface area contributed by atoms with Crippen LogP contribution in [0.1, 0.15) is 13.3 Å². The van der Waals surface area contributed by atoms with Gasteiger partial charge in [-0.1, -0.05) is 0 Å². The van der Waals surface area contributed by atoms with Gasteiger partial charge in [0.2, 0.25) is 0 Å². The molecule has 0 aromatic carbocycles. The highest BCUT2D eigenvalue weighted by atomic mass is 16.4. The van der Waals surface area contributed by atoms with Gasteiger partial charge < -0.3 is 20.6 Å². The number of carbonyl (C=O) groups excluding carboxylic acids is 1. The van der Waals surface area contributed by atoms with Crippen LogP contribution in [0, 0.1) is 5.92 Å². The van der Waals surface area contributed by atoms with Crippen molar-refractivity contribution >= 4 is 12.0 Å². The van der Waals surface area contributed by atoms with E-state index in [-0.39, 0.29) is 0 Å². The predicted molar refractivity (Wildman–Crippen MR) is 59.2 cm³/mol. The topological polar surface area (TPSA) is 81.7 Å². The minimum absolute atomic E-state index is 0.413. The molecule has 1 heterocycles. The SMILES string of the molecule is C[C@@H](NC(=O)NCC1CCN(C)C1)C(=O)O. The predicted octanol–water partition coefficient (Wildman–Crippen LogP) is -0.290. The molecule has 1 aliphatic heterocycles. The summed E-state index contributed by atoms with van der Waals surface area (Å²) in [5, 5.41) is 13.6. The molecule has 1 aliphatic rings. The largest absolute Gasteiger partial charge is 0.480 e. The van der Waals surface area contributed by atoms with Gasteiger partial charge in [0.05, 0.1) is 0 Å². The van der Waals surface area contributed by atoms with Crippen molar-refractivity contribution in [1.82, 2.24) is 15.5 Å². The van der Waals surface area contributed by atoms with E-state index in [1.165, 1.54) is 6.92 Å². The van der Waals surface area contributed by atoms with Crippen LogP contribution in [0.15, 0.2) is 0 Å². The second-order valence-electron chi connectivity index (χ2n) is 4.33. The molecule has 0 aromatic rings. The van der Waals surface area contributed by atoms with E-state index < -0.39 is 18.0 Å². The number of hydrogen-bond acceptors (Lipinski definition) is 3. The van der Waals surface area contributed by atoms with Gasteiger partial charge in [0.25, 0.3) is 0 Å². The molecule has 1 rings (SSSR count). The van der Waals surface area contributed by atoms with Crippen molar-refractivity contribution in [2.45, 2.75) is 19.4 Å². The molecule has 1 saturated heterocycles. The molecule has 1 unspecified atom stereocenters. The smallest absolute Gasteiger partial charge is 0.325 e. The molecule has 0 saturated carbocycles. The number of nitrogens with one attached hydrogen (secondary N) is 2. The first-order valence-corrected chi connectivity index (χ1v) is 5.44. The first-order valence-electron chi connectivity index (χ1n) is 5.44. The number of carbonyl (C=O) groups is 2. The van der Waals surface area contributed by atoms with Gasteiger partial charge in [0.1, 0.15) is 6.04 Å². The van der Waals surface area contributed by atoms with Gasteiger partial charge in [0, 0.05) is 13.1 Å². The number of urea groups is 1. The monoisotopic (exact) mass is 229 g/mol. The highest BCUT2D eigenvalue weighted by Gasteiger charge is 2.20. The summed E-state index contributed by atoms with van der Waals surface area (Å²) in [6.07, 6.45) is 1.07. The maximum Gasteiger partial charge on any atom is 0.325 e. The number of carboxylic acids is 1. The zero-order valence-corrected chi connectivity index (χ0v) is 9.69. The summed E-state index contributed by atoms with van der Waals surface area (Å²) in [5.41, 5.74) is 0. The quantitative estimate of drug-likeness (QED) is 0.618. The second kappa shape index (κ2) is 5.69. The zero-order chi connectivity index (χ0) is 12.1. The molecule has 16 heavy (non-hydrogen) atoms. The third-order valence-corrected chi connectivity index (χ3v) is 2.76. The Labute approximate surface area is 95.0 Å². The van der Waals surface area contributed by atoms with Crippen molar-refractivity contribution in [3.63, 3.8) is 0 Å². The Morgan fingerprint density at radius 1 is 1.56 bits per heavy atom. The lowest BCUT2D eigenvalue weighted by Gasteiger charge is -2.14. The summed E-state index contributed by atoms with van der Waals surface area (Å²) in [6.45, 7) is 4.07. The van der Waals surface area contributed by atoms with Gasteiger partial charge >= 0.3 is 12.0 Å². The molecule has 3 N–H and O–H groups in total. The number of hydrogen-bond donors (Lipinski definition) is 3. The van der Waals surface area contributed by atoms with Crippen LogP contribution in [-0.4, -0.2) is 54.7 Å². The average molecular weight is 229 g/mol. The van der Waals surface area contributed by atoms with E-state index in [1.807, 2.05) is 7.05 Å². The highest BCUT2D eigenvalue weighted by molar-refractivity contribution is 5.82.